The highest BCUT2D eigenvalue weighted by atomic mass is 19.4. The summed E-state index contributed by atoms with van der Waals surface area (Å²) in [4.78, 5) is 34.1. The van der Waals surface area contributed by atoms with Gasteiger partial charge in [0.15, 0.2) is 11.5 Å². The lowest BCUT2D eigenvalue weighted by Gasteiger charge is -2.26. The molecule has 1 saturated carbocycles. The van der Waals surface area contributed by atoms with Gasteiger partial charge in [-0.2, -0.15) is 13.2 Å². The van der Waals surface area contributed by atoms with Crippen molar-refractivity contribution in [1.82, 2.24) is 9.97 Å². The summed E-state index contributed by atoms with van der Waals surface area (Å²) in [5.41, 5.74) is 3.27. The number of ether oxygens (including phenoxy) is 2. The summed E-state index contributed by atoms with van der Waals surface area (Å²) >= 11 is 0. The van der Waals surface area contributed by atoms with Crippen LogP contribution in [0.5, 0.6) is 11.5 Å². The molecule has 2 aromatic carbocycles. The van der Waals surface area contributed by atoms with Crippen molar-refractivity contribution in [2.75, 3.05) is 6.61 Å². The van der Waals surface area contributed by atoms with Crippen molar-refractivity contribution < 1.29 is 41.7 Å². The molecule has 6 rings (SSSR count). The van der Waals surface area contributed by atoms with Crippen LogP contribution in [-0.4, -0.2) is 39.5 Å². The molecule has 3 N–H and O–H groups in total. The Balaban J connectivity index is 1.30. The monoisotopic (exact) mass is 649 g/mol. The largest absolute Gasteiger partial charge is 0.490 e. The van der Waals surface area contributed by atoms with E-state index in [9.17, 15) is 32.3 Å². The van der Waals surface area contributed by atoms with Crippen LogP contribution in [0.4, 0.5) is 17.6 Å². The van der Waals surface area contributed by atoms with Crippen LogP contribution < -0.4 is 15.2 Å². The normalized spacial score (nSPS) is 18.6. The molecule has 12 heteroatoms. The number of halogens is 4. The number of Topliss-reactive ketones (excluding diaryl/α,β-unsaturated/α-hetero) is 1. The molecule has 4 aromatic rings. The van der Waals surface area contributed by atoms with Crippen LogP contribution >= 0.6 is 0 Å². The van der Waals surface area contributed by atoms with Gasteiger partial charge in [-0.1, -0.05) is 12.1 Å². The topological polar surface area (TPSA) is 125 Å². The van der Waals surface area contributed by atoms with Gasteiger partial charge in [0.1, 0.15) is 40.6 Å². The van der Waals surface area contributed by atoms with Gasteiger partial charge in [0.2, 0.25) is 5.91 Å². The Labute approximate surface area is 267 Å². The lowest BCUT2D eigenvalue weighted by Crippen LogP contribution is -2.40. The standard InChI is InChI=1S/C35H31F4N3O5/c1-33(32(40)44)18-46-30-25(33)17-28(42-29(30)19-5-8-21(36)9-6-19)34(2,45)14-13-26(43)20-7-12-23(27(16-20)47-22-10-11-22)24-4-3-15-41-31(24)35(37,38)39/h3-9,12,15-17,22,45H,10-11,13-14,18H2,1-2H3,(H2,40,44)/t33-,34-/m0/s1. The molecule has 244 valence electrons. The number of nitrogens with zero attached hydrogens (tertiary/aromatic N) is 2. The molecule has 2 aliphatic rings. The van der Waals surface area contributed by atoms with Gasteiger partial charge in [-0.05, 0) is 81.6 Å². The van der Waals surface area contributed by atoms with E-state index in [0.29, 0.717) is 16.9 Å². The maximum atomic E-state index is 13.8. The third kappa shape index (κ3) is 6.29. The molecular formula is C35H31F4N3O5. The van der Waals surface area contributed by atoms with E-state index in [4.69, 9.17) is 15.2 Å². The fraction of sp³-hybridized carbons (Fsp3) is 0.314. The summed E-state index contributed by atoms with van der Waals surface area (Å²) in [6.45, 7) is 3.04. The third-order valence-corrected chi connectivity index (χ3v) is 8.61. The number of hydrogen-bond acceptors (Lipinski definition) is 7. The first-order valence-corrected chi connectivity index (χ1v) is 15.0. The molecule has 1 aliphatic heterocycles. The van der Waals surface area contributed by atoms with E-state index in [1.54, 1.807) is 6.92 Å². The third-order valence-electron chi connectivity index (χ3n) is 8.61. The molecule has 2 aromatic heterocycles. The Bertz CT molecular complexity index is 1870. The number of rotatable bonds is 10. The Morgan fingerprint density at radius 2 is 1.81 bits per heavy atom. The van der Waals surface area contributed by atoms with E-state index in [2.05, 4.69) is 9.97 Å². The molecule has 47 heavy (non-hydrogen) atoms. The number of carbonyl (C=O) groups is 2. The number of primary amides is 1. The van der Waals surface area contributed by atoms with Crippen LogP contribution in [0.1, 0.15) is 66.8 Å². The highest BCUT2D eigenvalue weighted by molar-refractivity contribution is 5.97. The number of hydrogen-bond donors (Lipinski definition) is 2. The van der Waals surface area contributed by atoms with Gasteiger partial charge in [-0.3, -0.25) is 14.6 Å². The Kier molecular flexibility index (Phi) is 8.03. The number of carbonyl (C=O) groups excluding carboxylic acids is 2. The predicted octanol–water partition coefficient (Wildman–Crippen LogP) is 6.52. The summed E-state index contributed by atoms with van der Waals surface area (Å²) < 4.78 is 66.8. The Morgan fingerprint density at radius 1 is 1.09 bits per heavy atom. The summed E-state index contributed by atoms with van der Waals surface area (Å²) in [5.74, 6) is -1.06. The molecule has 0 radical (unpaired) electrons. The number of benzene rings is 2. The van der Waals surface area contributed by atoms with Crippen molar-refractivity contribution in [2.45, 2.75) is 62.8 Å². The number of aromatic nitrogens is 2. The zero-order valence-corrected chi connectivity index (χ0v) is 25.5. The van der Waals surface area contributed by atoms with Crippen molar-refractivity contribution in [3.63, 3.8) is 0 Å². The summed E-state index contributed by atoms with van der Waals surface area (Å²) in [6.07, 6.45) is -2.57. The Morgan fingerprint density at radius 3 is 2.47 bits per heavy atom. The van der Waals surface area contributed by atoms with Crippen LogP contribution in [0.3, 0.4) is 0 Å². The average Bonchev–Trinajstić information content (AvgIpc) is 3.79. The maximum Gasteiger partial charge on any atom is 0.433 e. The molecule has 3 heterocycles. The zero-order valence-electron chi connectivity index (χ0n) is 25.5. The highest BCUT2D eigenvalue weighted by Gasteiger charge is 2.45. The minimum atomic E-state index is -4.70. The molecular weight excluding hydrogens is 618 g/mol. The number of amides is 1. The maximum absolute atomic E-state index is 13.8. The van der Waals surface area contributed by atoms with Crippen LogP contribution in [0, 0.1) is 5.82 Å². The lowest BCUT2D eigenvalue weighted by molar-refractivity contribution is -0.140. The predicted molar refractivity (Wildman–Crippen MR) is 163 cm³/mol. The molecule has 1 fully saturated rings. The average molecular weight is 650 g/mol. The quantitative estimate of drug-likeness (QED) is 0.148. The first kappa shape index (κ1) is 32.1. The van der Waals surface area contributed by atoms with E-state index in [1.807, 2.05) is 0 Å². The summed E-state index contributed by atoms with van der Waals surface area (Å²) in [7, 11) is 0. The van der Waals surface area contributed by atoms with Gasteiger partial charge in [0, 0.05) is 40.4 Å². The van der Waals surface area contributed by atoms with Gasteiger partial charge in [-0.25, -0.2) is 9.37 Å². The van der Waals surface area contributed by atoms with Gasteiger partial charge < -0.3 is 20.3 Å². The van der Waals surface area contributed by atoms with E-state index < -0.39 is 34.6 Å². The number of fused-ring (bicyclic) bond motifs is 1. The van der Waals surface area contributed by atoms with Crippen LogP contribution in [0.25, 0.3) is 22.4 Å². The Hall–Kier alpha value is -4.84. The molecule has 0 bridgehead atoms. The van der Waals surface area contributed by atoms with E-state index in [0.717, 1.165) is 19.0 Å². The summed E-state index contributed by atoms with van der Waals surface area (Å²) in [5, 5.41) is 11.6. The van der Waals surface area contributed by atoms with E-state index in [-0.39, 0.29) is 65.2 Å². The first-order chi connectivity index (χ1) is 22.2. The van der Waals surface area contributed by atoms with Crippen molar-refractivity contribution in [1.29, 1.82) is 0 Å². The van der Waals surface area contributed by atoms with Gasteiger partial charge in [0.05, 0.1) is 11.8 Å². The fourth-order valence-corrected chi connectivity index (χ4v) is 5.53. The van der Waals surface area contributed by atoms with Crippen molar-refractivity contribution >= 4 is 11.7 Å². The van der Waals surface area contributed by atoms with Crippen LogP contribution in [-0.2, 0) is 22.0 Å². The lowest BCUT2D eigenvalue weighted by atomic mass is 9.81. The number of alkyl halides is 3. The first-order valence-electron chi connectivity index (χ1n) is 15.0. The van der Waals surface area contributed by atoms with Gasteiger partial charge >= 0.3 is 6.18 Å². The summed E-state index contributed by atoms with van der Waals surface area (Å²) in [6, 6.07) is 14.0. The second kappa shape index (κ2) is 11.8. The molecule has 0 spiro atoms. The smallest absolute Gasteiger partial charge is 0.433 e. The van der Waals surface area contributed by atoms with Gasteiger partial charge in [0.25, 0.3) is 0 Å². The number of ketones is 1. The second-order valence-corrected chi connectivity index (χ2v) is 12.3. The molecule has 1 amide bonds. The van der Waals surface area contributed by atoms with Crippen molar-refractivity contribution in [2.24, 2.45) is 5.73 Å². The van der Waals surface area contributed by atoms with Crippen molar-refractivity contribution in [3.05, 3.63) is 95.2 Å². The van der Waals surface area contributed by atoms with E-state index >= 15 is 0 Å². The molecule has 2 atom stereocenters. The van der Waals surface area contributed by atoms with Gasteiger partial charge in [-0.15, -0.1) is 0 Å². The number of nitrogens with two attached hydrogens (primary N) is 1. The zero-order chi connectivity index (χ0) is 33.7. The molecule has 0 unspecified atom stereocenters. The minimum absolute atomic E-state index is 0.0532. The van der Waals surface area contributed by atoms with E-state index in [1.165, 1.54) is 67.6 Å². The second-order valence-electron chi connectivity index (χ2n) is 12.3. The SMILES string of the molecule is C[C@](O)(CCC(=O)c1ccc(-c2cccnc2C(F)(F)F)c(OC2CC2)c1)c1cc2c(c(-c3ccc(F)cc3)n1)OC[C@]2(C)C(N)=O. The van der Waals surface area contributed by atoms with Crippen LogP contribution in [0.15, 0.2) is 66.9 Å². The minimum Gasteiger partial charge on any atom is -0.490 e. The number of aliphatic hydroxyl groups is 1. The highest BCUT2D eigenvalue weighted by Crippen LogP contribution is 2.46. The molecule has 1 aliphatic carbocycles. The molecule has 8 nitrogen and oxygen atoms in total. The number of pyridine rings is 2. The van der Waals surface area contributed by atoms with Crippen LogP contribution in [0.2, 0.25) is 0 Å². The molecule has 0 saturated heterocycles. The fourth-order valence-electron chi connectivity index (χ4n) is 5.53. The van der Waals surface area contributed by atoms with Crippen molar-refractivity contribution in [3.8, 4) is 33.9 Å².